The maximum Gasteiger partial charge on any atom is 0.125 e. The van der Waals surface area contributed by atoms with Crippen molar-refractivity contribution in [1.29, 1.82) is 0 Å². The van der Waals surface area contributed by atoms with Gasteiger partial charge in [0.2, 0.25) is 0 Å². The standard InChI is InChI=1S/C14H23NO/c1-9(2)12-7-6-10(3)13(8-11(4)15)14(12)16-5/h6-7,9,11H,8,15H2,1-5H3. The van der Waals surface area contributed by atoms with Crippen LogP contribution in [0.3, 0.4) is 0 Å². The Kier molecular flexibility index (Phi) is 4.36. The number of nitrogens with two attached hydrogens (primary N) is 1. The quantitative estimate of drug-likeness (QED) is 0.848. The van der Waals surface area contributed by atoms with Crippen LogP contribution >= 0.6 is 0 Å². The molecular formula is C14H23NO. The molecule has 0 amide bonds. The molecule has 0 aliphatic heterocycles. The SMILES string of the molecule is COc1c(C(C)C)ccc(C)c1CC(C)N. The zero-order valence-corrected chi connectivity index (χ0v) is 11.0. The molecule has 0 aliphatic carbocycles. The van der Waals surface area contributed by atoms with Crippen molar-refractivity contribution in [3.63, 3.8) is 0 Å². The second-order valence-electron chi connectivity index (χ2n) is 4.82. The fourth-order valence-electron chi connectivity index (χ4n) is 2.02. The predicted molar refractivity (Wildman–Crippen MR) is 69.2 cm³/mol. The predicted octanol–water partition coefficient (Wildman–Crippen LogP) is 3.02. The lowest BCUT2D eigenvalue weighted by Gasteiger charge is -2.19. The Morgan fingerprint density at radius 2 is 1.88 bits per heavy atom. The van der Waals surface area contributed by atoms with Gasteiger partial charge in [0.25, 0.3) is 0 Å². The topological polar surface area (TPSA) is 35.2 Å². The number of hydrogen-bond donors (Lipinski definition) is 1. The smallest absolute Gasteiger partial charge is 0.125 e. The first kappa shape index (κ1) is 13.0. The van der Waals surface area contributed by atoms with E-state index < -0.39 is 0 Å². The van der Waals surface area contributed by atoms with Gasteiger partial charge >= 0.3 is 0 Å². The van der Waals surface area contributed by atoms with Crippen LogP contribution in [0.2, 0.25) is 0 Å². The fourth-order valence-corrected chi connectivity index (χ4v) is 2.02. The van der Waals surface area contributed by atoms with Crippen LogP contribution < -0.4 is 10.5 Å². The van der Waals surface area contributed by atoms with Gasteiger partial charge in [0.1, 0.15) is 5.75 Å². The van der Waals surface area contributed by atoms with E-state index in [-0.39, 0.29) is 6.04 Å². The molecule has 1 atom stereocenters. The summed E-state index contributed by atoms with van der Waals surface area (Å²) in [5.41, 5.74) is 9.67. The molecule has 0 fully saturated rings. The van der Waals surface area contributed by atoms with Crippen LogP contribution in [0, 0.1) is 6.92 Å². The zero-order chi connectivity index (χ0) is 12.3. The van der Waals surface area contributed by atoms with Crippen molar-refractivity contribution in [2.75, 3.05) is 7.11 Å². The Morgan fingerprint density at radius 3 is 2.31 bits per heavy atom. The van der Waals surface area contributed by atoms with E-state index >= 15 is 0 Å². The van der Waals surface area contributed by atoms with Crippen molar-refractivity contribution in [1.82, 2.24) is 0 Å². The molecule has 0 spiro atoms. The van der Waals surface area contributed by atoms with E-state index in [4.69, 9.17) is 10.5 Å². The van der Waals surface area contributed by atoms with Gasteiger partial charge in [-0.15, -0.1) is 0 Å². The Hall–Kier alpha value is -1.02. The van der Waals surface area contributed by atoms with Crippen LogP contribution in [-0.2, 0) is 6.42 Å². The van der Waals surface area contributed by atoms with Crippen molar-refractivity contribution in [3.05, 3.63) is 28.8 Å². The van der Waals surface area contributed by atoms with Crippen molar-refractivity contribution >= 4 is 0 Å². The van der Waals surface area contributed by atoms with Crippen LogP contribution in [0.5, 0.6) is 5.75 Å². The lowest BCUT2D eigenvalue weighted by Crippen LogP contribution is -2.19. The van der Waals surface area contributed by atoms with Gasteiger partial charge in [0.05, 0.1) is 7.11 Å². The lowest BCUT2D eigenvalue weighted by atomic mass is 9.93. The first-order valence-electron chi connectivity index (χ1n) is 5.89. The van der Waals surface area contributed by atoms with Crippen molar-refractivity contribution in [2.45, 2.75) is 46.1 Å². The van der Waals surface area contributed by atoms with Gasteiger partial charge in [-0.05, 0) is 42.9 Å². The summed E-state index contributed by atoms with van der Waals surface area (Å²) >= 11 is 0. The number of ether oxygens (including phenoxy) is 1. The number of hydrogen-bond acceptors (Lipinski definition) is 2. The number of benzene rings is 1. The molecule has 0 bridgehead atoms. The first-order valence-corrected chi connectivity index (χ1v) is 5.89. The van der Waals surface area contributed by atoms with Crippen LogP contribution in [0.1, 0.15) is 43.4 Å². The second kappa shape index (κ2) is 5.35. The number of methoxy groups -OCH3 is 1. The summed E-state index contributed by atoms with van der Waals surface area (Å²) in [6, 6.07) is 4.48. The molecule has 1 rings (SSSR count). The van der Waals surface area contributed by atoms with E-state index in [0.717, 1.165) is 12.2 Å². The zero-order valence-electron chi connectivity index (χ0n) is 11.0. The molecule has 1 aromatic rings. The summed E-state index contributed by atoms with van der Waals surface area (Å²) in [5.74, 6) is 1.50. The van der Waals surface area contributed by atoms with E-state index in [1.165, 1.54) is 16.7 Å². The molecule has 0 aromatic heterocycles. The third-order valence-electron chi connectivity index (χ3n) is 2.88. The minimum Gasteiger partial charge on any atom is -0.496 e. The summed E-state index contributed by atoms with van der Waals surface area (Å²) in [4.78, 5) is 0. The largest absolute Gasteiger partial charge is 0.496 e. The molecule has 0 saturated heterocycles. The van der Waals surface area contributed by atoms with Gasteiger partial charge < -0.3 is 10.5 Å². The molecule has 16 heavy (non-hydrogen) atoms. The minimum atomic E-state index is 0.162. The fraction of sp³-hybridized carbons (Fsp3) is 0.571. The molecule has 0 radical (unpaired) electrons. The molecule has 2 heteroatoms. The molecule has 0 heterocycles. The molecule has 2 nitrogen and oxygen atoms in total. The van der Waals surface area contributed by atoms with Crippen LogP contribution in [-0.4, -0.2) is 13.2 Å². The van der Waals surface area contributed by atoms with Gasteiger partial charge in [-0.2, -0.15) is 0 Å². The maximum absolute atomic E-state index is 5.89. The highest BCUT2D eigenvalue weighted by atomic mass is 16.5. The highest BCUT2D eigenvalue weighted by Crippen LogP contribution is 2.32. The van der Waals surface area contributed by atoms with E-state index in [1.54, 1.807) is 7.11 Å². The van der Waals surface area contributed by atoms with E-state index in [0.29, 0.717) is 5.92 Å². The Morgan fingerprint density at radius 1 is 1.25 bits per heavy atom. The highest BCUT2D eigenvalue weighted by molar-refractivity contribution is 5.47. The minimum absolute atomic E-state index is 0.162. The third-order valence-corrected chi connectivity index (χ3v) is 2.88. The maximum atomic E-state index is 5.89. The highest BCUT2D eigenvalue weighted by Gasteiger charge is 2.15. The van der Waals surface area contributed by atoms with Gasteiger partial charge in [-0.25, -0.2) is 0 Å². The monoisotopic (exact) mass is 221 g/mol. The van der Waals surface area contributed by atoms with Crippen LogP contribution in [0.4, 0.5) is 0 Å². The summed E-state index contributed by atoms with van der Waals surface area (Å²) in [5, 5.41) is 0. The molecule has 1 aromatic carbocycles. The van der Waals surface area contributed by atoms with Crippen molar-refractivity contribution < 1.29 is 4.74 Å². The Bertz CT molecular complexity index is 356. The second-order valence-corrected chi connectivity index (χ2v) is 4.82. The number of rotatable bonds is 4. The normalized spacial score (nSPS) is 12.9. The molecule has 2 N–H and O–H groups in total. The lowest BCUT2D eigenvalue weighted by molar-refractivity contribution is 0.400. The molecular weight excluding hydrogens is 198 g/mol. The van der Waals surface area contributed by atoms with Gasteiger partial charge in [-0.3, -0.25) is 0 Å². The van der Waals surface area contributed by atoms with Gasteiger partial charge in [0, 0.05) is 6.04 Å². The van der Waals surface area contributed by atoms with Crippen molar-refractivity contribution in [3.8, 4) is 5.75 Å². The van der Waals surface area contributed by atoms with Crippen molar-refractivity contribution in [2.24, 2.45) is 5.73 Å². The summed E-state index contributed by atoms with van der Waals surface area (Å²) in [7, 11) is 1.74. The first-order chi connectivity index (χ1) is 7.47. The summed E-state index contributed by atoms with van der Waals surface area (Å²) < 4.78 is 5.56. The number of aryl methyl sites for hydroxylation is 1. The van der Waals surface area contributed by atoms with E-state index in [1.807, 2.05) is 6.92 Å². The van der Waals surface area contributed by atoms with E-state index in [9.17, 15) is 0 Å². The molecule has 90 valence electrons. The van der Waals surface area contributed by atoms with E-state index in [2.05, 4.69) is 32.9 Å². The summed E-state index contributed by atoms with van der Waals surface area (Å²) in [6.07, 6.45) is 0.871. The molecule has 0 aliphatic rings. The third kappa shape index (κ3) is 2.76. The summed E-state index contributed by atoms with van der Waals surface area (Å²) in [6.45, 7) is 8.51. The van der Waals surface area contributed by atoms with Gasteiger partial charge in [-0.1, -0.05) is 26.0 Å². The average molecular weight is 221 g/mol. The average Bonchev–Trinajstić information content (AvgIpc) is 2.19. The van der Waals surface area contributed by atoms with Gasteiger partial charge in [0.15, 0.2) is 0 Å². The van der Waals surface area contributed by atoms with Crippen LogP contribution in [0.15, 0.2) is 12.1 Å². The molecule has 1 unspecified atom stereocenters. The Labute approximate surface area is 98.8 Å². The molecule has 0 saturated carbocycles. The van der Waals surface area contributed by atoms with Crippen LogP contribution in [0.25, 0.3) is 0 Å². The Balaban J connectivity index is 3.26.